The fourth-order valence-corrected chi connectivity index (χ4v) is 4.06. The van der Waals surface area contributed by atoms with E-state index in [-0.39, 0.29) is 0 Å². The van der Waals surface area contributed by atoms with Crippen LogP contribution in [0.15, 0.2) is 100 Å². The number of hydrogen-bond acceptors (Lipinski definition) is 3. The quantitative estimate of drug-likeness (QED) is 0.305. The average Bonchev–Trinajstić information content (AvgIpc) is 3.22. The summed E-state index contributed by atoms with van der Waals surface area (Å²) in [6.45, 7) is 0. The van der Waals surface area contributed by atoms with E-state index in [0.29, 0.717) is 22.1 Å². The number of nitrogens with zero attached hydrogens (tertiary/aromatic N) is 2. The maximum absolute atomic E-state index is 6.33. The van der Waals surface area contributed by atoms with Crippen LogP contribution in [0.2, 0.25) is 5.02 Å². The van der Waals surface area contributed by atoms with Gasteiger partial charge in [-0.3, -0.25) is 0 Å². The molecule has 148 valence electrons. The first-order valence-electron chi connectivity index (χ1n) is 9.96. The molecule has 0 saturated carbocycles. The van der Waals surface area contributed by atoms with Crippen LogP contribution in [-0.2, 0) is 0 Å². The fourth-order valence-electron chi connectivity index (χ4n) is 3.87. The van der Waals surface area contributed by atoms with Gasteiger partial charge in [-0.25, -0.2) is 9.98 Å². The van der Waals surface area contributed by atoms with Crippen molar-refractivity contribution in [1.82, 2.24) is 9.97 Å². The molecule has 4 aromatic carbocycles. The summed E-state index contributed by atoms with van der Waals surface area (Å²) in [7, 11) is 0. The number of fused-ring (bicyclic) bond motifs is 4. The Kier molecular flexibility index (Phi) is 4.11. The minimum Gasteiger partial charge on any atom is -0.438 e. The van der Waals surface area contributed by atoms with Crippen molar-refractivity contribution in [3.63, 3.8) is 0 Å². The number of H-pyrrole nitrogens is 1. The van der Waals surface area contributed by atoms with E-state index in [9.17, 15) is 0 Å². The fraction of sp³-hybridized carbons (Fsp3) is 0. The summed E-state index contributed by atoms with van der Waals surface area (Å²) >= 11 is 6.17. The molecule has 0 fully saturated rings. The molecule has 0 saturated heterocycles. The molecular formula is C26H16ClN3O. The molecule has 1 N–H and O–H groups in total. The Morgan fingerprint density at radius 2 is 1.68 bits per heavy atom. The molecule has 2 heterocycles. The number of aromatic amines is 1. The van der Waals surface area contributed by atoms with Gasteiger partial charge in [-0.1, -0.05) is 60.1 Å². The van der Waals surface area contributed by atoms with Gasteiger partial charge in [0, 0.05) is 10.4 Å². The first-order chi connectivity index (χ1) is 15.2. The van der Waals surface area contributed by atoms with Gasteiger partial charge in [0.05, 0.1) is 22.3 Å². The Balaban J connectivity index is 1.71. The molecule has 31 heavy (non-hydrogen) atoms. The lowest BCUT2D eigenvalue weighted by atomic mass is 10.0. The monoisotopic (exact) mass is 421 g/mol. The first kappa shape index (κ1) is 17.9. The van der Waals surface area contributed by atoms with Crippen molar-refractivity contribution in [1.29, 1.82) is 0 Å². The third-order valence-electron chi connectivity index (χ3n) is 5.34. The lowest BCUT2D eigenvalue weighted by Crippen LogP contribution is -2.06. The van der Waals surface area contributed by atoms with E-state index in [0.717, 1.165) is 38.3 Å². The van der Waals surface area contributed by atoms with Crippen LogP contribution in [0.5, 0.6) is 0 Å². The molecule has 2 aromatic heterocycles. The van der Waals surface area contributed by atoms with Crippen molar-refractivity contribution >= 4 is 50.1 Å². The van der Waals surface area contributed by atoms with Crippen molar-refractivity contribution in [3.8, 4) is 11.4 Å². The molecule has 6 aromatic rings. The smallest absolute Gasteiger partial charge is 0.230 e. The minimum atomic E-state index is 0.476. The lowest BCUT2D eigenvalue weighted by Gasteiger charge is -2.06. The topological polar surface area (TPSA) is 54.2 Å². The number of halogens is 1. The summed E-state index contributed by atoms with van der Waals surface area (Å²) in [5, 5.41) is 3.91. The van der Waals surface area contributed by atoms with E-state index in [1.165, 1.54) is 0 Å². The van der Waals surface area contributed by atoms with Crippen molar-refractivity contribution in [2.45, 2.75) is 0 Å². The summed E-state index contributed by atoms with van der Waals surface area (Å²) in [5.41, 5.74) is 4.60. The summed E-state index contributed by atoms with van der Waals surface area (Å²) in [5.74, 6) is 0.709. The molecule has 0 aliphatic carbocycles. The number of imidazole rings is 1. The molecule has 0 atom stereocenters. The summed E-state index contributed by atoms with van der Waals surface area (Å²) in [6.07, 6.45) is 0. The SMILES string of the molecule is Clc1cccc(N=c2oc3ccc4ccccc4c3cc2-c2nc3ccccc3[nH]2)c1. The van der Waals surface area contributed by atoms with E-state index in [1.807, 2.05) is 66.7 Å². The lowest BCUT2D eigenvalue weighted by molar-refractivity contribution is 0.547. The third kappa shape index (κ3) is 3.18. The predicted octanol–water partition coefficient (Wildman–Crippen LogP) is 7.02. The van der Waals surface area contributed by atoms with Gasteiger partial charge in [0.2, 0.25) is 5.55 Å². The maximum Gasteiger partial charge on any atom is 0.230 e. The van der Waals surface area contributed by atoms with Crippen LogP contribution in [0.4, 0.5) is 5.69 Å². The number of rotatable bonds is 2. The number of hydrogen-bond donors (Lipinski definition) is 1. The Labute approximate surface area is 182 Å². The van der Waals surface area contributed by atoms with Crippen molar-refractivity contribution in [3.05, 3.63) is 102 Å². The first-order valence-corrected chi connectivity index (χ1v) is 10.3. The molecule has 0 amide bonds. The van der Waals surface area contributed by atoms with Crippen molar-refractivity contribution < 1.29 is 4.42 Å². The molecule has 0 radical (unpaired) electrons. The summed E-state index contributed by atoms with van der Waals surface area (Å²) in [6, 6.07) is 29.8. The molecule has 0 aliphatic rings. The standard InChI is InChI=1S/C26H16ClN3O/c27-17-7-5-8-18(14-17)28-26-21(25-29-22-10-3-4-11-23(22)30-25)15-20-19-9-2-1-6-16(19)12-13-24(20)31-26/h1-15H,(H,29,30). The number of benzene rings is 4. The molecule has 6 rings (SSSR count). The number of nitrogens with one attached hydrogen (secondary N) is 1. The zero-order chi connectivity index (χ0) is 20.8. The van der Waals surface area contributed by atoms with Gasteiger partial charge in [-0.2, -0.15) is 0 Å². The van der Waals surface area contributed by atoms with E-state index < -0.39 is 0 Å². The van der Waals surface area contributed by atoms with E-state index >= 15 is 0 Å². The number of aromatic nitrogens is 2. The second kappa shape index (κ2) is 7.11. The van der Waals surface area contributed by atoms with Crippen LogP contribution in [-0.4, -0.2) is 9.97 Å². The summed E-state index contributed by atoms with van der Waals surface area (Å²) in [4.78, 5) is 13.0. The zero-order valence-corrected chi connectivity index (χ0v) is 17.1. The molecule has 0 spiro atoms. The van der Waals surface area contributed by atoms with Crippen molar-refractivity contribution in [2.75, 3.05) is 0 Å². The van der Waals surface area contributed by atoms with Crippen LogP contribution >= 0.6 is 11.6 Å². The number of para-hydroxylation sites is 2. The predicted molar refractivity (Wildman–Crippen MR) is 125 cm³/mol. The van der Waals surface area contributed by atoms with Crippen molar-refractivity contribution in [2.24, 2.45) is 4.99 Å². The van der Waals surface area contributed by atoms with Gasteiger partial charge >= 0.3 is 0 Å². The Hall–Kier alpha value is -3.89. The zero-order valence-electron chi connectivity index (χ0n) is 16.3. The van der Waals surface area contributed by atoms with E-state index in [4.69, 9.17) is 26.0 Å². The van der Waals surface area contributed by atoms with Gasteiger partial charge in [-0.15, -0.1) is 0 Å². The third-order valence-corrected chi connectivity index (χ3v) is 5.57. The Bertz CT molecular complexity index is 1630. The highest BCUT2D eigenvalue weighted by atomic mass is 35.5. The van der Waals surface area contributed by atoms with Crippen LogP contribution in [0.25, 0.3) is 44.2 Å². The molecule has 0 aliphatic heterocycles. The Morgan fingerprint density at radius 3 is 2.58 bits per heavy atom. The molecule has 5 heteroatoms. The van der Waals surface area contributed by atoms with Crippen LogP contribution in [0, 0.1) is 0 Å². The van der Waals surface area contributed by atoms with Crippen LogP contribution < -0.4 is 5.55 Å². The van der Waals surface area contributed by atoms with Crippen LogP contribution in [0.1, 0.15) is 0 Å². The second-order valence-electron chi connectivity index (χ2n) is 7.36. The normalized spacial score (nSPS) is 12.2. The largest absolute Gasteiger partial charge is 0.438 e. The highest BCUT2D eigenvalue weighted by Gasteiger charge is 2.13. The molecule has 0 bridgehead atoms. The highest BCUT2D eigenvalue weighted by Crippen LogP contribution is 2.28. The maximum atomic E-state index is 6.33. The Morgan fingerprint density at radius 1 is 0.806 bits per heavy atom. The minimum absolute atomic E-state index is 0.476. The average molecular weight is 422 g/mol. The molecular weight excluding hydrogens is 406 g/mol. The molecule has 4 nitrogen and oxygen atoms in total. The van der Waals surface area contributed by atoms with E-state index in [2.05, 4.69) is 29.2 Å². The van der Waals surface area contributed by atoms with Gasteiger partial charge in [0.15, 0.2) is 0 Å². The van der Waals surface area contributed by atoms with Crippen LogP contribution in [0.3, 0.4) is 0 Å². The summed E-state index contributed by atoms with van der Waals surface area (Å²) < 4.78 is 6.33. The van der Waals surface area contributed by atoms with Gasteiger partial charge in [0.25, 0.3) is 0 Å². The highest BCUT2D eigenvalue weighted by molar-refractivity contribution is 6.30. The van der Waals surface area contributed by atoms with Gasteiger partial charge in [-0.05, 0) is 53.2 Å². The van der Waals surface area contributed by atoms with Gasteiger partial charge in [0.1, 0.15) is 11.4 Å². The second-order valence-corrected chi connectivity index (χ2v) is 7.79. The van der Waals surface area contributed by atoms with Gasteiger partial charge < -0.3 is 9.40 Å². The van der Waals surface area contributed by atoms with E-state index in [1.54, 1.807) is 0 Å². The molecule has 0 unspecified atom stereocenters.